The molecule has 0 saturated heterocycles. The van der Waals surface area contributed by atoms with Crippen LogP contribution in [0.2, 0.25) is 0 Å². The normalized spacial score (nSPS) is 16.6. The molecule has 2 aromatic carbocycles. The molecule has 0 radical (unpaired) electrons. The maximum Gasteiger partial charge on any atom is 0.277 e. The average Bonchev–Trinajstić information content (AvgIpc) is 3.21. The highest BCUT2D eigenvalue weighted by Crippen LogP contribution is 2.34. The Kier molecular flexibility index (Phi) is 3.97. The average molecular weight is 350 g/mol. The van der Waals surface area contributed by atoms with Gasteiger partial charge in [-0.1, -0.05) is 59.8 Å². The van der Waals surface area contributed by atoms with Crippen molar-refractivity contribution in [3.05, 3.63) is 87.3 Å². The Hall–Kier alpha value is -2.73. The molecular weight excluding hydrogens is 332 g/mol. The number of thioether (sulfide) groups is 1. The topological polar surface area (TPSA) is 62.2 Å². The molecule has 2 heterocycles. The summed E-state index contributed by atoms with van der Waals surface area (Å²) >= 11 is 1.57. The van der Waals surface area contributed by atoms with Crippen LogP contribution in [-0.4, -0.2) is 14.8 Å². The second-order valence-electron chi connectivity index (χ2n) is 6.04. The maximum absolute atomic E-state index is 12.9. The highest BCUT2D eigenvalue weighted by molar-refractivity contribution is 8.14. The number of hydrazone groups is 1. The molecule has 5 nitrogen and oxygen atoms in total. The first kappa shape index (κ1) is 15.8. The fourth-order valence-electron chi connectivity index (χ4n) is 2.86. The van der Waals surface area contributed by atoms with Gasteiger partial charge in [-0.15, -0.1) is 0 Å². The lowest BCUT2D eigenvalue weighted by Crippen LogP contribution is -2.21. The fraction of sp³-hybridized carbons (Fsp3) is 0.158. The number of hydrogen-bond acceptors (Lipinski definition) is 4. The second kappa shape index (κ2) is 6.29. The zero-order chi connectivity index (χ0) is 17.4. The van der Waals surface area contributed by atoms with Crippen molar-refractivity contribution in [3.63, 3.8) is 0 Å². The third kappa shape index (κ3) is 2.89. The van der Waals surface area contributed by atoms with Crippen LogP contribution in [0.5, 0.6) is 0 Å². The van der Waals surface area contributed by atoms with E-state index in [-0.39, 0.29) is 10.9 Å². The van der Waals surface area contributed by atoms with Gasteiger partial charge in [0.05, 0.1) is 11.3 Å². The second-order valence-corrected chi connectivity index (χ2v) is 7.13. The monoisotopic (exact) mass is 350 g/mol. The summed E-state index contributed by atoms with van der Waals surface area (Å²) < 4.78 is 1.58. The number of aryl methyl sites for hydroxylation is 2. The maximum atomic E-state index is 12.9. The van der Waals surface area contributed by atoms with E-state index in [1.54, 1.807) is 16.4 Å². The number of aromatic amines is 1. The van der Waals surface area contributed by atoms with Crippen molar-refractivity contribution in [2.45, 2.75) is 19.2 Å². The molecule has 1 aliphatic rings. The minimum atomic E-state index is -0.190. The molecule has 0 aliphatic carbocycles. The summed E-state index contributed by atoms with van der Waals surface area (Å²) in [4.78, 5) is 12.9. The van der Waals surface area contributed by atoms with E-state index in [2.05, 4.69) is 46.8 Å². The Labute approximate surface area is 149 Å². The molecule has 0 unspecified atom stereocenters. The van der Waals surface area contributed by atoms with Gasteiger partial charge in [0.25, 0.3) is 5.56 Å². The predicted octanol–water partition coefficient (Wildman–Crippen LogP) is 3.48. The number of benzene rings is 2. The summed E-state index contributed by atoms with van der Waals surface area (Å²) in [5.41, 5.74) is 7.70. The number of rotatable bonds is 3. The van der Waals surface area contributed by atoms with Crippen molar-refractivity contribution in [1.29, 1.82) is 0 Å². The van der Waals surface area contributed by atoms with Gasteiger partial charge in [-0.05, 0) is 26.0 Å². The van der Waals surface area contributed by atoms with Crippen LogP contribution in [0.1, 0.15) is 27.8 Å². The summed E-state index contributed by atoms with van der Waals surface area (Å²) in [6.07, 6.45) is 0. The number of para-hydroxylation sites is 1. The van der Waals surface area contributed by atoms with E-state index in [1.165, 1.54) is 5.56 Å². The van der Waals surface area contributed by atoms with Crippen LogP contribution in [0.4, 0.5) is 0 Å². The van der Waals surface area contributed by atoms with Crippen molar-refractivity contribution in [2.75, 3.05) is 0 Å². The number of nitrogens with zero attached hydrogens (tertiary/aromatic N) is 2. The minimum Gasteiger partial charge on any atom is -0.295 e. The summed E-state index contributed by atoms with van der Waals surface area (Å²) in [5, 5.41) is 8.30. The Bertz CT molecular complexity index is 987. The van der Waals surface area contributed by atoms with Gasteiger partial charge in [0.15, 0.2) is 0 Å². The fourth-order valence-corrected chi connectivity index (χ4v) is 3.96. The number of hydrogen-bond donors (Lipinski definition) is 2. The van der Waals surface area contributed by atoms with Gasteiger partial charge in [-0.25, -0.2) is 4.68 Å². The van der Waals surface area contributed by atoms with Gasteiger partial charge in [0, 0.05) is 11.3 Å². The highest BCUT2D eigenvalue weighted by atomic mass is 32.2. The largest absolute Gasteiger partial charge is 0.295 e. The lowest BCUT2D eigenvalue weighted by atomic mass is 10.2. The van der Waals surface area contributed by atoms with E-state index in [0.29, 0.717) is 5.56 Å². The van der Waals surface area contributed by atoms with Gasteiger partial charge in [-0.2, -0.15) is 5.10 Å². The third-order valence-electron chi connectivity index (χ3n) is 4.20. The van der Waals surface area contributed by atoms with Crippen molar-refractivity contribution < 1.29 is 0 Å². The van der Waals surface area contributed by atoms with Gasteiger partial charge in [0.2, 0.25) is 0 Å². The van der Waals surface area contributed by atoms with Crippen molar-refractivity contribution in [2.24, 2.45) is 5.10 Å². The number of aromatic nitrogens is 2. The first-order valence-electron chi connectivity index (χ1n) is 8.07. The van der Waals surface area contributed by atoms with Crippen LogP contribution in [0.3, 0.4) is 0 Å². The zero-order valence-electron chi connectivity index (χ0n) is 14.0. The third-order valence-corrected chi connectivity index (χ3v) is 5.33. The molecule has 6 heteroatoms. The Morgan fingerprint density at radius 3 is 2.48 bits per heavy atom. The number of nitrogens with one attached hydrogen (secondary N) is 2. The van der Waals surface area contributed by atoms with Crippen molar-refractivity contribution >= 4 is 16.8 Å². The molecule has 2 N–H and O–H groups in total. The van der Waals surface area contributed by atoms with E-state index >= 15 is 0 Å². The molecule has 0 spiro atoms. The van der Waals surface area contributed by atoms with Gasteiger partial charge in [0.1, 0.15) is 10.4 Å². The predicted molar refractivity (Wildman–Crippen MR) is 102 cm³/mol. The minimum absolute atomic E-state index is 0.0472. The summed E-state index contributed by atoms with van der Waals surface area (Å²) in [6, 6.07) is 17.8. The molecule has 25 heavy (non-hydrogen) atoms. The quantitative estimate of drug-likeness (QED) is 0.760. The smallest absolute Gasteiger partial charge is 0.277 e. The first-order valence-corrected chi connectivity index (χ1v) is 8.95. The van der Waals surface area contributed by atoms with Gasteiger partial charge >= 0.3 is 0 Å². The molecule has 126 valence electrons. The summed E-state index contributed by atoms with van der Waals surface area (Å²) in [5.74, 6) is 0. The molecule has 0 bridgehead atoms. The Morgan fingerprint density at radius 2 is 1.76 bits per heavy atom. The molecular formula is C19H18N4OS. The first-order chi connectivity index (χ1) is 12.1. The van der Waals surface area contributed by atoms with Crippen LogP contribution in [0.15, 0.2) is 64.5 Å². The van der Waals surface area contributed by atoms with Crippen LogP contribution in [0, 0.1) is 13.8 Å². The SMILES string of the molecule is Cc1ccc(C2=NN[C@@H](c3c(C)[nH]n(-c4ccccc4)c3=O)S2)cc1. The van der Waals surface area contributed by atoms with Gasteiger partial charge < -0.3 is 0 Å². The lowest BCUT2D eigenvalue weighted by molar-refractivity contribution is 0.734. The van der Waals surface area contributed by atoms with Crippen LogP contribution < -0.4 is 11.0 Å². The molecule has 3 aromatic rings. The molecule has 0 fully saturated rings. The molecule has 0 saturated carbocycles. The molecule has 1 aromatic heterocycles. The molecule has 1 atom stereocenters. The Morgan fingerprint density at radius 1 is 1.04 bits per heavy atom. The van der Waals surface area contributed by atoms with E-state index in [4.69, 9.17) is 0 Å². The molecule has 4 rings (SSSR count). The van der Waals surface area contributed by atoms with E-state index in [1.807, 2.05) is 37.3 Å². The highest BCUT2D eigenvalue weighted by Gasteiger charge is 2.28. The van der Waals surface area contributed by atoms with Gasteiger partial charge in [-0.3, -0.25) is 15.3 Å². The van der Waals surface area contributed by atoms with E-state index in [0.717, 1.165) is 22.0 Å². The van der Waals surface area contributed by atoms with E-state index < -0.39 is 0 Å². The van der Waals surface area contributed by atoms with Crippen LogP contribution in [-0.2, 0) is 0 Å². The standard InChI is InChI=1S/C19H18N4OS/c1-12-8-10-14(11-9-12)17-20-21-18(25-17)16-13(2)22-23(19(16)24)15-6-4-3-5-7-15/h3-11,18,21-22H,1-2H3/t18-/m1/s1. The Balaban J connectivity index is 1.63. The van der Waals surface area contributed by atoms with Crippen LogP contribution >= 0.6 is 11.8 Å². The van der Waals surface area contributed by atoms with Crippen molar-refractivity contribution in [3.8, 4) is 5.69 Å². The van der Waals surface area contributed by atoms with Crippen LogP contribution in [0.25, 0.3) is 5.69 Å². The zero-order valence-corrected chi connectivity index (χ0v) is 14.8. The number of H-pyrrole nitrogens is 1. The summed E-state index contributed by atoms with van der Waals surface area (Å²) in [6.45, 7) is 3.98. The van der Waals surface area contributed by atoms with E-state index in [9.17, 15) is 4.79 Å². The van der Waals surface area contributed by atoms with Crippen molar-refractivity contribution in [1.82, 2.24) is 15.2 Å². The molecule has 0 amide bonds. The lowest BCUT2D eigenvalue weighted by Gasteiger charge is -2.06. The summed E-state index contributed by atoms with van der Waals surface area (Å²) in [7, 11) is 0. The molecule has 1 aliphatic heterocycles.